The summed E-state index contributed by atoms with van der Waals surface area (Å²) in [6, 6.07) is 18.0. The number of aliphatic imine (C=N–C) groups is 1. The number of fused-ring (bicyclic) bond motifs is 3. The van der Waals surface area contributed by atoms with Crippen molar-refractivity contribution in [1.82, 2.24) is 19.4 Å². The third-order valence-corrected chi connectivity index (χ3v) is 9.73. The Balaban J connectivity index is 0.908. The molecule has 260 valence electrons. The molecule has 2 aliphatic rings. The number of amides is 4. The number of ether oxygens (including phenoxy) is 1. The number of hydrogen-bond donors (Lipinski definition) is 3. The molecule has 1 atom stereocenters. The van der Waals surface area contributed by atoms with E-state index < -0.39 is 5.91 Å². The van der Waals surface area contributed by atoms with Crippen LogP contribution in [0, 0.1) is 6.92 Å². The largest absolute Gasteiger partial charge is 0.493 e. The van der Waals surface area contributed by atoms with Gasteiger partial charge in [0.1, 0.15) is 5.75 Å². The van der Waals surface area contributed by atoms with Crippen LogP contribution in [0.5, 0.6) is 5.75 Å². The molecule has 4 heterocycles. The van der Waals surface area contributed by atoms with Crippen molar-refractivity contribution in [3.05, 3.63) is 89.4 Å². The van der Waals surface area contributed by atoms with Crippen LogP contribution < -0.4 is 20.7 Å². The molecule has 14 heteroatoms. The number of thiazole rings is 1. The number of nitrogens with zero attached hydrogens (tertiary/aromatic N) is 5. The lowest BCUT2D eigenvalue weighted by Gasteiger charge is -2.32. The van der Waals surface area contributed by atoms with Crippen LogP contribution in [0.1, 0.15) is 69.0 Å². The Labute approximate surface area is 297 Å². The quantitative estimate of drug-likeness (QED) is 0.143. The third kappa shape index (κ3) is 7.50. The number of aromatic nitrogens is 3. The van der Waals surface area contributed by atoms with Crippen LogP contribution in [-0.2, 0) is 11.8 Å². The zero-order chi connectivity index (χ0) is 35.5. The summed E-state index contributed by atoms with van der Waals surface area (Å²) in [6.07, 6.45) is 7.05. The highest BCUT2D eigenvalue weighted by atomic mass is 32.1. The Kier molecular flexibility index (Phi) is 9.57. The van der Waals surface area contributed by atoms with Crippen molar-refractivity contribution in [3.8, 4) is 5.75 Å². The number of imidazole rings is 1. The van der Waals surface area contributed by atoms with Gasteiger partial charge in [0, 0.05) is 49.7 Å². The van der Waals surface area contributed by atoms with Crippen LogP contribution in [0.3, 0.4) is 0 Å². The van der Waals surface area contributed by atoms with Gasteiger partial charge in [-0.15, -0.1) is 0 Å². The molecule has 0 unspecified atom stereocenters. The Bertz CT molecular complexity index is 2180. The minimum Gasteiger partial charge on any atom is -0.493 e. The van der Waals surface area contributed by atoms with Gasteiger partial charge in [-0.25, -0.2) is 9.97 Å². The predicted octanol–water partition coefficient (Wildman–Crippen LogP) is 6.35. The molecule has 0 aliphatic carbocycles. The maximum atomic E-state index is 13.2. The molecule has 5 aromatic rings. The fourth-order valence-corrected chi connectivity index (χ4v) is 7.00. The highest BCUT2D eigenvalue weighted by Gasteiger charge is 2.30. The van der Waals surface area contributed by atoms with E-state index in [1.54, 1.807) is 49.6 Å². The van der Waals surface area contributed by atoms with Gasteiger partial charge in [0.05, 0.1) is 34.1 Å². The minimum absolute atomic E-state index is 0.00551. The number of carbonyl (C=O) groups excluding carboxylic acids is 4. The van der Waals surface area contributed by atoms with Crippen molar-refractivity contribution in [3.63, 3.8) is 0 Å². The van der Waals surface area contributed by atoms with Crippen LogP contribution in [0.25, 0.3) is 10.2 Å². The van der Waals surface area contributed by atoms with Crippen molar-refractivity contribution in [2.24, 2.45) is 12.0 Å². The molecular weight excluding hydrogens is 669 g/mol. The number of hydrogen-bond acceptors (Lipinski definition) is 9. The number of para-hydroxylation sites is 1. The Morgan fingerprint density at radius 1 is 0.980 bits per heavy atom. The number of aryl methyl sites for hydroxylation is 2. The first-order valence-corrected chi connectivity index (χ1v) is 17.6. The number of benzene rings is 3. The number of nitrogens with one attached hydrogen (secondary N) is 3. The number of anilines is 3. The molecule has 0 saturated carbocycles. The van der Waals surface area contributed by atoms with Gasteiger partial charge < -0.3 is 24.8 Å². The lowest BCUT2D eigenvalue weighted by atomic mass is 10.0. The maximum absolute atomic E-state index is 13.2. The normalized spacial score (nSPS) is 15.1. The Morgan fingerprint density at radius 3 is 2.67 bits per heavy atom. The molecular formula is C37H36N8O5S. The summed E-state index contributed by atoms with van der Waals surface area (Å²) in [5.74, 6) is -0.0642. The molecule has 1 saturated heterocycles. The standard InChI is InChI=1S/C37H36N8O5S/c1-22-17-26-27(38-20-25-11-6-7-15-45(25)36(26)49)19-29(22)50-16-8-12-32(46)41-31-21-44(2)33(42-31)35(48)43-37-40-28-18-23(13-14-30(28)51-37)34(47)39-24-9-4-3-5-10-24/h3-5,9-10,13-14,17-21,25H,6-8,11-12,15-16H2,1-2H3,(H,39,47)(H,41,46)(H,40,43,48)/t25-/m0/s1. The maximum Gasteiger partial charge on any atom is 0.293 e. The van der Waals surface area contributed by atoms with E-state index in [-0.39, 0.29) is 48.4 Å². The van der Waals surface area contributed by atoms with E-state index in [2.05, 4.69) is 30.9 Å². The number of carbonyl (C=O) groups is 4. The molecule has 3 aromatic carbocycles. The monoisotopic (exact) mass is 704 g/mol. The zero-order valence-corrected chi connectivity index (χ0v) is 29.0. The van der Waals surface area contributed by atoms with Crippen molar-refractivity contribution in [2.75, 3.05) is 29.1 Å². The molecule has 4 amide bonds. The van der Waals surface area contributed by atoms with Gasteiger partial charge in [0.25, 0.3) is 17.7 Å². The fraction of sp³-hybridized carbons (Fsp3) is 0.270. The fourth-order valence-electron chi connectivity index (χ4n) is 6.15. The molecule has 0 bridgehead atoms. The van der Waals surface area contributed by atoms with Crippen LogP contribution in [0.2, 0.25) is 0 Å². The summed E-state index contributed by atoms with van der Waals surface area (Å²) in [5, 5.41) is 8.72. The molecule has 0 spiro atoms. The van der Waals surface area contributed by atoms with Crippen LogP contribution >= 0.6 is 11.3 Å². The van der Waals surface area contributed by atoms with Gasteiger partial charge in [-0.2, -0.15) is 0 Å². The number of piperidine rings is 1. The summed E-state index contributed by atoms with van der Waals surface area (Å²) in [7, 11) is 1.66. The summed E-state index contributed by atoms with van der Waals surface area (Å²) >= 11 is 1.27. The van der Waals surface area contributed by atoms with E-state index in [1.165, 1.54) is 15.9 Å². The lowest BCUT2D eigenvalue weighted by Crippen LogP contribution is -2.43. The van der Waals surface area contributed by atoms with Crippen LogP contribution in [0.4, 0.5) is 22.3 Å². The van der Waals surface area contributed by atoms with E-state index in [0.29, 0.717) is 45.3 Å². The van der Waals surface area contributed by atoms with E-state index in [4.69, 9.17) is 4.74 Å². The first-order valence-electron chi connectivity index (χ1n) is 16.8. The molecule has 2 aliphatic heterocycles. The van der Waals surface area contributed by atoms with Crippen molar-refractivity contribution in [1.29, 1.82) is 0 Å². The molecule has 13 nitrogen and oxygen atoms in total. The van der Waals surface area contributed by atoms with Crippen molar-refractivity contribution >= 4 is 73.7 Å². The van der Waals surface area contributed by atoms with Crippen molar-refractivity contribution < 1.29 is 23.9 Å². The highest BCUT2D eigenvalue weighted by Crippen LogP contribution is 2.34. The molecule has 3 N–H and O–H groups in total. The second-order valence-corrected chi connectivity index (χ2v) is 13.5. The van der Waals surface area contributed by atoms with E-state index in [1.807, 2.05) is 42.3 Å². The predicted molar refractivity (Wildman–Crippen MR) is 197 cm³/mol. The van der Waals surface area contributed by atoms with Gasteiger partial charge in [0.2, 0.25) is 11.7 Å². The Hall–Kier alpha value is -5.89. The molecule has 1 fully saturated rings. The van der Waals surface area contributed by atoms with E-state index >= 15 is 0 Å². The van der Waals surface area contributed by atoms with E-state index in [0.717, 1.165) is 36.1 Å². The summed E-state index contributed by atoms with van der Waals surface area (Å²) < 4.78 is 8.32. The SMILES string of the molecule is Cc1cc2c(cc1OCCCC(=O)Nc1cn(C)c(C(=O)Nc3nc4cc(C(=O)Nc5ccccc5)ccc4s3)n1)N=C[C@@H]1CCCCN1C2=O. The summed E-state index contributed by atoms with van der Waals surface area (Å²) in [5.41, 5.74) is 3.72. The van der Waals surface area contributed by atoms with Crippen LogP contribution in [0.15, 0.2) is 71.9 Å². The second-order valence-electron chi connectivity index (χ2n) is 12.5. The van der Waals surface area contributed by atoms with Gasteiger partial charge in [0.15, 0.2) is 10.9 Å². The molecule has 7 rings (SSSR count). The highest BCUT2D eigenvalue weighted by molar-refractivity contribution is 7.22. The third-order valence-electron chi connectivity index (χ3n) is 8.77. The van der Waals surface area contributed by atoms with Gasteiger partial charge in [-0.1, -0.05) is 29.5 Å². The summed E-state index contributed by atoms with van der Waals surface area (Å²) in [4.78, 5) is 67.1. The molecule has 0 radical (unpaired) electrons. The molecule has 51 heavy (non-hydrogen) atoms. The average molecular weight is 705 g/mol. The average Bonchev–Trinajstić information content (AvgIpc) is 3.67. The van der Waals surface area contributed by atoms with Crippen LogP contribution in [-0.4, -0.2) is 68.5 Å². The minimum atomic E-state index is -0.495. The van der Waals surface area contributed by atoms with Gasteiger partial charge in [-0.3, -0.25) is 29.5 Å². The zero-order valence-electron chi connectivity index (χ0n) is 28.1. The van der Waals surface area contributed by atoms with E-state index in [9.17, 15) is 19.2 Å². The summed E-state index contributed by atoms with van der Waals surface area (Å²) in [6.45, 7) is 2.93. The Morgan fingerprint density at radius 2 is 1.82 bits per heavy atom. The smallest absolute Gasteiger partial charge is 0.293 e. The lowest BCUT2D eigenvalue weighted by molar-refractivity contribution is -0.116. The topological polar surface area (TPSA) is 160 Å². The molecule has 2 aromatic heterocycles. The number of rotatable bonds is 10. The first-order chi connectivity index (χ1) is 24.7. The van der Waals surface area contributed by atoms with Crippen molar-refractivity contribution in [2.45, 2.75) is 45.1 Å². The van der Waals surface area contributed by atoms with Gasteiger partial charge in [-0.05, 0) is 74.6 Å². The second kappa shape index (κ2) is 14.5. The van der Waals surface area contributed by atoms with Gasteiger partial charge >= 0.3 is 0 Å². The first kappa shape index (κ1) is 33.6.